The molecular weight excluding hydrogens is 268 g/mol. The molecule has 0 saturated heterocycles. The third-order valence-electron chi connectivity index (χ3n) is 3.62. The quantitative estimate of drug-likeness (QED) is 0.564. The molecule has 2 heterocycles. The van der Waals surface area contributed by atoms with Crippen LogP contribution in [0.1, 0.15) is 32.6 Å². The van der Waals surface area contributed by atoms with Crippen LogP contribution in [-0.2, 0) is 6.54 Å². The number of fused-ring (bicyclic) bond motifs is 3. The minimum Gasteiger partial charge on any atom is -0.324 e. The average Bonchev–Trinajstić information content (AvgIpc) is 2.77. The number of aryl methyl sites for hydroxylation is 1. The van der Waals surface area contributed by atoms with Gasteiger partial charge in [-0.2, -0.15) is 10.1 Å². The topological polar surface area (TPSA) is 46.5 Å². The molecule has 0 bridgehead atoms. The van der Waals surface area contributed by atoms with Gasteiger partial charge < -0.3 is 4.57 Å². The molecule has 0 unspecified atom stereocenters. The minimum absolute atomic E-state index is 0.440. The summed E-state index contributed by atoms with van der Waals surface area (Å²) in [6, 6.07) is 8.31. The van der Waals surface area contributed by atoms with Crippen molar-refractivity contribution >= 4 is 34.3 Å². The normalized spacial score (nSPS) is 11.4. The zero-order chi connectivity index (χ0) is 13.9. The fourth-order valence-corrected chi connectivity index (χ4v) is 2.78. The average molecular weight is 286 g/mol. The van der Waals surface area contributed by atoms with Crippen molar-refractivity contribution in [3.8, 4) is 0 Å². The molecule has 0 fully saturated rings. The van der Waals surface area contributed by atoms with Crippen molar-refractivity contribution in [2.45, 2.75) is 39.2 Å². The van der Waals surface area contributed by atoms with Gasteiger partial charge in [0, 0.05) is 11.9 Å². The Balaban J connectivity index is 2.10. The highest BCUT2D eigenvalue weighted by molar-refractivity contribution is 7.71. The van der Waals surface area contributed by atoms with Gasteiger partial charge in [-0.25, -0.2) is 0 Å². The van der Waals surface area contributed by atoms with Crippen LogP contribution < -0.4 is 0 Å². The maximum atomic E-state index is 5.12. The van der Waals surface area contributed by atoms with Crippen molar-refractivity contribution in [1.82, 2.24) is 19.7 Å². The lowest BCUT2D eigenvalue weighted by atomic mass is 10.2. The monoisotopic (exact) mass is 286 g/mol. The number of rotatable bonds is 5. The number of benzene rings is 1. The Morgan fingerprint density at radius 1 is 1.20 bits per heavy atom. The lowest BCUT2D eigenvalue weighted by Gasteiger charge is -2.05. The van der Waals surface area contributed by atoms with Crippen LogP contribution in [0, 0.1) is 4.77 Å². The van der Waals surface area contributed by atoms with Crippen LogP contribution in [0.2, 0.25) is 0 Å². The number of para-hydroxylation sites is 1. The Morgan fingerprint density at radius 3 is 2.90 bits per heavy atom. The number of aromatic nitrogens is 4. The fourth-order valence-electron chi connectivity index (χ4n) is 2.64. The molecule has 0 amide bonds. The molecule has 0 aliphatic heterocycles. The van der Waals surface area contributed by atoms with Gasteiger partial charge in [-0.05, 0) is 24.7 Å². The molecule has 0 atom stereocenters. The van der Waals surface area contributed by atoms with Crippen molar-refractivity contribution < 1.29 is 0 Å². The lowest BCUT2D eigenvalue weighted by Crippen LogP contribution is -2.00. The first-order valence-electron chi connectivity index (χ1n) is 7.15. The summed E-state index contributed by atoms with van der Waals surface area (Å²) in [6.07, 6.45) is 4.94. The summed E-state index contributed by atoms with van der Waals surface area (Å²) in [7, 11) is 0. The summed E-state index contributed by atoms with van der Waals surface area (Å²) in [4.78, 5) is 4.47. The summed E-state index contributed by atoms with van der Waals surface area (Å²) in [5.74, 6) is 0. The second-order valence-electron chi connectivity index (χ2n) is 5.04. The summed E-state index contributed by atoms with van der Waals surface area (Å²) >= 11 is 5.12. The Kier molecular flexibility index (Phi) is 3.78. The van der Waals surface area contributed by atoms with Crippen LogP contribution in [0.25, 0.3) is 22.1 Å². The SMILES string of the molecule is CCCCCCn1c2ccccc2c2n[nH]c(=S)nc21. The van der Waals surface area contributed by atoms with Crippen molar-refractivity contribution in [2.75, 3.05) is 0 Å². The Hall–Kier alpha value is -1.75. The van der Waals surface area contributed by atoms with Crippen molar-refractivity contribution in [1.29, 1.82) is 0 Å². The van der Waals surface area contributed by atoms with Crippen LogP contribution in [0.15, 0.2) is 24.3 Å². The van der Waals surface area contributed by atoms with Gasteiger partial charge in [0.05, 0.1) is 5.52 Å². The van der Waals surface area contributed by atoms with Crippen LogP contribution in [0.4, 0.5) is 0 Å². The van der Waals surface area contributed by atoms with E-state index in [2.05, 4.69) is 44.9 Å². The van der Waals surface area contributed by atoms with Crippen molar-refractivity contribution in [3.63, 3.8) is 0 Å². The standard InChI is InChI=1S/C15H18N4S/c1-2-3-4-7-10-19-12-9-6-5-8-11(12)13-14(19)16-15(20)18-17-13/h5-6,8-9H,2-4,7,10H2,1H3,(H,16,18,20). The van der Waals surface area contributed by atoms with E-state index >= 15 is 0 Å². The molecule has 0 aliphatic rings. The molecule has 0 spiro atoms. The van der Waals surface area contributed by atoms with Crippen molar-refractivity contribution in [2.24, 2.45) is 0 Å². The molecule has 1 N–H and O–H groups in total. The van der Waals surface area contributed by atoms with E-state index in [4.69, 9.17) is 12.2 Å². The molecule has 20 heavy (non-hydrogen) atoms. The number of unbranched alkanes of at least 4 members (excludes halogenated alkanes) is 3. The number of hydrogen-bond acceptors (Lipinski definition) is 3. The summed E-state index contributed by atoms with van der Waals surface area (Å²) < 4.78 is 2.69. The number of H-pyrrole nitrogens is 1. The van der Waals surface area contributed by atoms with Crippen LogP contribution >= 0.6 is 12.2 Å². The fraction of sp³-hybridized carbons (Fsp3) is 0.400. The molecule has 5 heteroatoms. The second-order valence-corrected chi connectivity index (χ2v) is 5.43. The summed E-state index contributed by atoms with van der Waals surface area (Å²) in [5.41, 5.74) is 2.99. The largest absolute Gasteiger partial charge is 0.324 e. The van der Waals surface area contributed by atoms with E-state index in [-0.39, 0.29) is 0 Å². The number of nitrogens with zero attached hydrogens (tertiary/aromatic N) is 3. The van der Waals surface area contributed by atoms with Gasteiger partial charge in [-0.1, -0.05) is 44.4 Å². The molecule has 2 aromatic heterocycles. The predicted octanol–water partition coefficient (Wildman–Crippen LogP) is 4.22. The van der Waals surface area contributed by atoms with Gasteiger partial charge in [0.2, 0.25) is 4.77 Å². The molecule has 0 saturated carbocycles. The van der Waals surface area contributed by atoms with Gasteiger partial charge in [-0.3, -0.25) is 5.10 Å². The van der Waals surface area contributed by atoms with E-state index in [1.807, 2.05) is 6.07 Å². The molecule has 1 aromatic carbocycles. The van der Waals surface area contributed by atoms with Crippen molar-refractivity contribution in [3.05, 3.63) is 29.0 Å². The highest BCUT2D eigenvalue weighted by atomic mass is 32.1. The molecule has 0 radical (unpaired) electrons. The molecule has 0 aliphatic carbocycles. The molecule has 3 rings (SSSR count). The molecular formula is C15H18N4S. The lowest BCUT2D eigenvalue weighted by molar-refractivity contribution is 0.599. The molecule has 104 valence electrons. The Morgan fingerprint density at radius 2 is 2.05 bits per heavy atom. The maximum Gasteiger partial charge on any atom is 0.215 e. The smallest absolute Gasteiger partial charge is 0.215 e. The van der Waals surface area contributed by atoms with Crippen LogP contribution in [0.3, 0.4) is 0 Å². The van der Waals surface area contributed by atoms with Crippen LogP contribution in [0.5, 0.6) is 0 Å². The second kappa shape index (κ2) is 5.71. The number of hydrogen-bond donors (Lipinski definition) is 1. The van der Waals surface area contributed by atoms with Gasteiger partial charge in [-0.15, -0.1) is 0 Å². The third kappa shape index (κ3) is 2.33. The van der Waals surface area contributed by atoms with Crippen LogP contribution in [-0.4, -0.2) is 19.7 Å². The highest BCUT2D eigenvalue weighted by Gasteiger charge is 2.12. The first-order chi connectivity index (χ1) is 9.81. The van der Waals surface area contributed by atoms with E-state index in [9.17, 15) is 0 Å². The van der Waals surface area contributed by atoms with E-state index < -0.39 is 0 Å². The maximum absolute atomic E-state index is 5.12. The van der Waals surface area contributed by atoms with Gasteiger partial charge in [0.25, 0.3) is 0 Å². The highest BCUT2D eigenvalue weighted by Crippen LogP contribution is 2.25. The Labute approximate surface area is 122 Å². The molecule has 4 nitrogen and oxygen atoms in total. The first-order valence-corrected chi connectivity index (χ1v) is 7.55. The van der Waals surface area contributed by atoms with Gasteiger partial charge >= 0.3 is 0 Å². The third-order valence-corrected chi connectivity index (χ3v) is 3.81. The molecule has 3 aromatic rings. The summed E-state index contributed by atoms with van der Waals surface area (Å²) in [6.45, 7) is 3.20. The minimum atomic E-state index is 0.440. The van der Waals surface area contributed by atoms with E-state index in [0.717, 1.165) is 29.5 Å². The number of nitrogens with one attached hydrogen (secondary N) is 1. The number of aromatic amines is 1. The zero-order valence-electron chi connectivity index (χ0n) is 11.6. The summed E-state index contributed by atoms with van der Waals surface area (Å²) in [5, 5.41) is 8.29. The Bertz CT molecular complexity index is 787. The van der Waals surface area contributed by atoms with Gasteiger partial charge in [0.1, 0.15) is 5.52 Å². The van der Waals surface area contributed by atoms with E-state index in [0.29, 0.717) is 4.77 Å². The van der Waals surface area contributed by atoms with Gasteiger partial charge in [0.15, 0.2) is 5.65 Å². The predicted molar refractivity (Wildman–Crippen MR) is 84.4 cm³/mol. The zero-order valence-corrected chi connectivity index (χ0v) is 12.4. The van der Waals surface area contributed by atoms with E-state index in [1.54, 1.807) is 0 Å². The van der Waals surface area contributed by atoms with E-state index in [1.165, 1.54) is 24.8 Å². The first kappa shape index (κ1) is 13.2.